The Kier molecular flexibility index (Phi) is 7.41. The van der Waals surface area contributed by atoms with Gasteiger partial charge in [0.1, 0.15) is 17.3 Å². The van der Waals surface area contributed by atoms with Crippen LogP contribution in [0.15, 0.2) is 72.3 Å². The van der Waals surface area contributed by atoms with Crippen LogP contribution in [0.2, 0.25) is 0 Å². The van der Waals surface area contributed by atoms with E-state index in [0.29, 0.717) is 50.8 Å². The van der Waals surface area contributed by atoms with Gasteiger partial charge in [0.05, 0.1) is 23.3 Å². The maximum Gasteiger partial charge on any atom is 0.234 e. The van der Waals surface area contributed by atoms with Gasteiger partial charge in [0.15, 0.2) is 10.1 Å². The summed E-state index contributed by atoms with van der Waals surface area (Å²) < 4.78 is 7.32. The molecule has 1 atom stereocenters. The van der Waals surface area contributed by atoms with Gasteiger partial charge in [-0.3, -0.25) is 14.5 Å². The number of carbonyl (C=O) groups excluding carboxylic acids is 2. The van der Waals surface area contributed by atoms with Gasteiger partial charge in [-0.05, 0) is 49.1 Å². The number of thioether (sulfide) groups is 1. The minimum Gasteiger partial charge on any atom is -0.465 e. The van der Waals surface area contributed by atoms with Crippen LogP contribution in [0, 0.1) is 23.7 Å². The number of aryl methyl sites for hydroxylation is 1. The van der Waals surface area contributed by atoms with Crippen LogP contribution < -0.4 is 16.0 Å². The first-order chi connectivity index (χ1) is 18.6. The Hall–Kier alpha value is -3.40. The number of allylic oxidation sites excluding steroid dienone is 3. The van der Waals surface area contributed by atoms with Crippen LogP contribution in [0.25, 0.3) is 0 Å². The summed E-state index contributed by atoms with van der Waals surface area (Å²) in [5.41, 5.74) is 8.45. The van der Waals surface area contributed by atoms with Crippen LogP contribution in [0.3, 0.4) is 0 Å². The fourth-order valence-corrected chi connectivity index (χ4v) is 6.94. The van der Waals surface area contributed by atoms with E-state index in [-0.39, 0.29) is 34.3 Å². The summed E-state index contributed by atoms with van der Waals surface area (Å²) in [6.45, 7) is 5.88. The number of hydrogen-bond donors (Lipinski definition) is 2. The van der Waals surface area contributed by atoms with E-state index in [1.165, 1.54) is 23.1 Å². The Labute approximate surface area is 242 Å². The van der Waals surface area contributed by atoms with Crippen LogP contribution in [0.1, 0.15) is 44.1 Å². The normalized spacial score (nSPS) is 18.7. The van der Waals surface area contributed by atoms with Crippen molar-refractivity contribution in [2.75, 3.05) is 16.0 Å². The third kappa shape index (κ3) is 5.52. The standard InChI is InChI=1S/C27H25BrN6O3S2/c1-14-7-8-20(37-14)22-17(12-29)24(30)34(18-10-27(2,3)11-19(35)23(18)22)25-32-33-26(39-25)38-13-21(36)31-16-6-4-5-15(28)9-16/h4-9,22H,10-11,13,30H2,1-3H3,(H,31,36). The van der Waals surface area contributed by atoms with E-state index in [1.807, 2.05) is 51.1 Å². The van der Waals surface area contributed by atoms with Gasteiger partial charge in [0.2, 0.25) is 11.0 Å². The molecular weight excluding hydrogens is 600 g/mol. The molecule has 1 aromatic carbocycles. The van der Waals surface area contributed by atoms with Gasteiger partial charge in [-0.25, -0.2) is 0 Å². The zero-order valence-electron chi connectivity index (χ0n) is 21.4. The molecular formula is C27H25BrN6O3S2. The van der Waals surface area contributed by atoms with Gasteiger partial charge in [-0.15, -0.1) is 10.2 Å². The zero-order chi connectivity index (χ0) is 27.9. The predicted molar refractivity (Wildman–Crippen MR) is 154 cm³/mol. The van der Waals surface area contributed by atoms with Crippen LogP contribution in [-0.2, 0) is 9.59 Å². The molecule has 0 saturated carbocycles. The number of anilines is 2. The topological polar surface area (TPSA) is 138 Å². The monoisotopic (exact) mass is 624 g/mol. The maximum absolute atomic E-state index is 13.6. The Bertz CT molecular complexity index is 1580. The van der Waals surface area contributed by atoms with Crippen LogP contribution >= 0.6 is 39.0 Å². The number of benzene rings is 1. The molecule has 0 bridgehead atoms. The third-order valence-corrected chi connectivity index (χ3v) is 8.98. The summed E-state index contributed by atoms with van der Waals surface area (Å²) in [6, 6.07) is 13.2. The third-order valence-electron chi connectivity index (χ3n) is 6.45. The summed E-state index contributed by atoms with van der Waals surface area (Å²) in [5, 5.41) is 22.0. The number of nitriles is 1. The molecule has 3 heterocycles. The van der Waals surface area contributed by atoms with Crippen molar-refractivity contribution in [2.45, 2.75) is 43.9 Å². The Morgan fingerprint density at radius 1 is 1.33 bits per heavy atom. The van der Waals surface area contributed by atoms with Crippen molar-refractivity contribution in [2.24, 2.45) is 11.1 Å². The molecule has 1 amide bonds. The molecule has 2 aliphatic rings. The van der Waals surface area contributed by atoms with Crippen molar-refractivity contribution in [3.63, 3.8) is 0 Å². The second-order valence-electron chi connectivity index (χ2n) is 10.1. The number of nitrogens with two attached hydrogens (primary N) is 1. The zero-order valence-corrected chi connectivity index (χ0v) is 24.7. The molecule has 3 N–H and O–H groups in total. The Morgan fingerprint density at radius 2 is 2.13 bits per heavy atom. The lowest BCUT2D eigenvalue weighted by molar-refractivity contribution is -0.118. The number of nitrogens with one attached hydrogen (secondary N) is 1. The molecule has 2 aromatic heterocycles. The highest BCUT2D eigenvalue weighted by Crippen LogP contribution is 2.51. The van der Waals surface area contributed by atoms with Gasteiger partial charge in [-0.2, -0.15) is 5.26 Å². The quantitative estimate of drug-likeness (QED) is 0.322. The number of furan rings is 1. The Morgan fingerprint density at radius 3 is 2.82 bits per heavy atom. The van der Waals surface area contributed by atoms with Gasteiger partial charge in [0, 0.05) is 27.9 Å². The fraction of sp³-hybridized carbons (Fsp3) is 0.296. The summed E-state index contributed by atoms with van der Waals surface area (Å²) in [4.78, 5) is 27.7. The van der Waals surface area contributed by atoms with E-state index in [0.717, 1.165) is 4.47 Å². The lowest BCUT2D eigenvalue weighted by Gasteiger charge is -2.42. The van der Waals surface area contributed by atoms with Gasteiger partial charge in [0.25, 0.3) is 0 Å². The molecule has 1 aliphatic carbocycles. The number of nitrogens with zero attached hydrogens (tertiary/aromatic N) is 4. The van der Waals surface area contributed by atoms with E-state index in [1.54, 1.807) is 11.0 Å². The van der Waals surface area contributed by atoms with Gasteiger partial charge in [-0.1, -0.05) is 58.9 Å². The number of ketones is 1. The molecule has 9 nitrogen and oxygen atoms in total. The van der Waals surface area contributed by atoms with Crippen molar-refractivity contribution in [3.8, 4) is 6.07 Å². The number of Topliss-reactive ketones (excluding diaryl/α,β-unsaturated/α-hetero) is 1. The molecule has 1 unspecified atom stereocenters. The summed E-state index contributed by atoms with van der Waals surface area (Å²) in [6.07, 6.45) is 0.902. The highest BCUT2D eigenvalue weighted by molar-refractivity contribution is 9.10. The van der Waals surface area contributed by atoms with E-state index in [4.69, 9.17) is 10.2 Å². The van der Waals surface area contributed by atoms with Crippen LogP contribution in [0.4, 0.5) is 10.8 Å². The lowest BCUT2D eigenvalue weighted by atomic mass is 9.69. The largest absolute Gasteiger partial charge is 0.465 e. The van der Waals surface area contributed by atoms with Crippen molar-refractivity contribution in [1.29, 1.82) is 5.26 Å². The minimum absolute atomic E-state index is 0.0473. The van der Waals surface area contributed by atoms with Crippen LogP contribution in [-0.4, -0.2) is 27.6 Å². The second kappa shape index (κ2) is 10.6. The molecule has 0 saturated heterocycles. The molecule has 0 radical (unpaired) electrons. The first-order valence-corrected chi connectivity index (χ1v) is 14.7. The van der Waals surface area contributed by atoms with E-state index in [9.17, 15) is 14.9 Å². The molecule has 12 heteroatoms. The number of amides is 1. The molecule has 0 spiro atoms. The van der Waals surface area contributed by atoms with Crippen LogP contribution in [0.5, 0.6) is 0 Å². The smallest absolute Gasteiger partial charge is 0.234 e. The average molecular weight is 626 g/mol. The fourth-order valence-electron chi connectivity index (χ4n) is 4.86. The number of carbonyl (C=O) groups is 2. The molecule has 0 fully saturated rings. The maximum atomic E-state index is 13.6. The molecule has 200 valence electrons. The molecule has 39 heavy (non-hydrogen) atoms. The van der Waals surface area contributed by atoms with Crippen molar-refractivity contribution < 1.29 is 14.0 Å². The highest BCUT2D eigenvalue weighted by Gasteiger charge is 2.46. The lowest BCUT2D eigenvalue weighted by Crippen LogP contribution is -2.42. The van der Waals surface area contributed by atoms with Crippen molar-refractivity contribution in [3.05, 3.63) is 75.1 Å². The van der Waals surface area contributed by atoms with E-state index >= 15 is 0 Å². The minimum atomic E-state index is -0.679. The SMILES string of the molecule is Cc1ccc(C2C(C#N)=C(N)N(c3nnc(SCC(=O)Nc4cccc(Br)c4)s3)C3=C2C(=O)CC(C)(C)C3)o1. The second-order valence-corrected chi connectivity index (χ2v) is 13.2. The molecule has 3 aromatic rings. The summed E-state index contributed by atoms with van der Waals surface area (Å²) >= 11 is 5.89. The first kappa shape index (κ1) is 27.2. The average Bonchev–Trinajstić information content (AvgIpc) is 3.50. The van der Waals surface area contributed by atoms with Gasteiger partial charge < -0.3 is 15.5 Å². The Balaban J connectivity index is 1.45. The van der Waals surface area contributed by atoms with Crippen molar-refractivity contribution >= 4 is 61.5 Å². The van der Waals surface area contributed by atoms with Crippen molar-refractivity contribution in [1.82, 2.24) is 10.2 Å². The summed E-state index contributed by atoms with van der Waals surface area (Å²) in [7, 11) is 0. The summed E-state index contributed by atoms with van der Waals surface area (Å²) in [5.74, 6) is 0.618. The van der Waals surface area contributed by atoms with Gasteiger partial charge >= 0.3 is 0 Å². The van der Waals surface area contributed by atoms with E-state index in [2.05, 4.69) is 37.5 Å². The van der Waals surface area contributed by atoms with E-state index < -0.39 is 5.92 Å². The predicted octanol–water partition coefficient (Wildman–Crippen LogP) is 5.87. The highest BCUT2D eigenvalue weighted by atomic mass is 79.9. The number of rotatable bonds is 6. The molecule has 5 rings (SSSR count). The number of hydrogen-bond acceptors (Lipinski definition) is 10. The molecule has 1 aliphatic heterocycles. The number of halogens is 1. The number of aromatic nitrogens is 2. The first-order valence-electron chi connectivity index (χ1n) is 12.1.